The summed E-state index contributed by atoms with van der Waals surface area (Å²) in [6.07, 6.45) is -4.23. The Kier molecular flexibility index (Phi) is 2.72. The number of carbonyl (C=O) groups is 1. The van der Waals surface area contributed by atoms with Crippen molar-refractivity contribution in [3.8, 4) is 5.75 Å². The Hall–Kier alpha value is -3.05. The van der Waals surface area contributed by atoms with Gasteiger partial charge in [-0.2, -0.15) is 13.2 Å². The number of alkyl halides is 3. The number of rotatable bonds is 0. The molecule has 0 saturated carbocycles. The van der Waals surface area contributed by atoms with Crippen LogP contribution >= 0.6 is 0 Å². The van der Waals surface area contributed by atoms with Gasteiger partial charge >= 0.3 is 6.18 Å². The second kappa shape index (κ2) is 4.49. The first-order valence-corrected chi connectivity index (χ1v) is 6.79. The molecule has 2 aromatic rings. The van der Waals surface area contributed by atoms with Gasteiger partial charge in [0.25, 0.3) is 5.91 Å². The average molecular weight is 342 g/mol. The zero-order valence-corrected chi connectivity index (χ0v) is 11.8. The third-order valence-electron chi connectivity index (χ3n) is 3.95. The molecule has 126 valence electrons. The summed E-state index contributed by atoms with van der Waals surface area (Å²) in [5, 5.41) is 16.4. The van der Waals surface area contributed by atoms with Crippen molar-refractivity contribution in [3.05, 3.63) is 39.8 Å². The van der Waals surface area contributed by atoms with E-state index in [1.807, 2.05) is 0 Å². The summed E-state index contributed by atoms with van der Waals surface area (Å²) >= 11 is 0. The molecule has 0 aliphatic carbocycles. The minimum Gasteiger partial charge on any atom is -0.502 e. The molecule has 0 bridgehead atoms. The topological polar surface area (TPSA) is 105 Å². The quantitative estimate of drug-likeness (QED) is 0.681. The average Bonchev–Trinajstić information content (AvgIpc) is 2.92. The van der Waals surface area contributed by atoms with E-state index in [9.17, 15) is 27.9 Å². The fraction of sp³-hybridized carbons (Fsp3) is 0.333. The fourth-order valence-electron chi connectivity index (χ4n) is 2.85. The molecule has 2 aromatic heterocycles. The molecule has 2 aliphatic rings. The number of aromatic nitrogens is 4. The Labute approximate surface area is 130 Å². The molecule has 2 N–H and O–H groups in total. The van der Waals surface area contributed by atoms with Gasteiger partial charge < -0.3 is 20.0 Å². The predicted octanol–water partition coefficient (Wildman–Crippen LogP) is -0.297. The van der Waals surface area contributed by atoms with Gasteiger partial charge in [0.2, 0.25) is 11.3 Å². The van der Waals surface area contributed by atoms with Crippen molar-refractivity contribution >= 4 is 5.91 Å². The van der Waals surface area contributed by atoms with E-state index in [1.165, 1.54) is 11.1 Å². The third-order valence-corrected chi connectivity index (χ3v) is 3.95. The van der Waals surface area contributed by atoms with Crippen molar-refractivity contribution in [1.29, 1.82) is 0 Å². The van der Waals surface area contributed by atoms with E-state index in [0.717, 1.165) is 15.3 Å². The lowest BCUT2D eigenvalue weighted by atomic mass is 10.2. The standard InChI is InChI=1S/C12H9F3N6O3/c13-12(14,15)11-17-16-6-3-19-7(4-20(6)11)18-21-2-1-5(22)9(23)8(21)10(19)24/h1-2,7,18,23H,3-4H2. The summed E-state index contributed by atoms with van der Waals surface area (Å²) in [6.45, 7) is -0.461. The van der Waals surface area contributed by atoms with Crippen molar-refractivity contribution in [2.45, 2.75) is 25.4 Å². The lowest BCUT2D eigenvalue weighted by molar-refractivity contribution is -0.148. The van der Waals surface area contributed by atoms with Crippen LogP contribution in [0.25, 0.3) is 0 Å². The molecule has 0 fully saturated rings. The molecule has 1 amide bonds. The summed E-state index contributed by atoms with van der Waals surface area (Å²) in [7, 11) is 0. The number of pyridine rings is 1. The van der Waals surface area contributed by atoms with Crippen molar-refractivity contribution in [1.82, 2.24) is 24.3 Å². The predicted molar refractivity (Wildman–Crippen MR) is 70.4 cm³/mol. The maximum absolute atomic E-state index is 12.9. The number of amides is 1. The minimum atomic E-state index is -4.66. The number of aromatic hydroxyl groups is 1. The third kappa shape index (κ3) is 1.88. The number of nitrogens with one attached hydrogen (secondary N) is 1. The number of fused-ring (bicyclic) bond motifs is 3. The van der Waals surface area contributed by atoms with Gasteiger partial charge in [0.05, 0.1) is 13.1 Å². The highest BCUT2D eigenvalue weighted by molar-refractivity contribution is 5.96. The number of halogens is 3. The first-order chi connectivity index (χ1) is 11.3. The monoisotopic (exact) mass is 342 g/mol. The summed E-state index contributed by atoms with van der Waals surface area (Å²) in [5.74, 6) is -2.58. The van der Waals surface area contributed by atoms with Crippen LogP contribution in [0.5, 0.6) is 5.75 Å². The lowest BCUT2D eigenvalue weighted by Gasteiger charge is -2.41. The van der Waals surface area contributed by atoms with E-state index < -0.39 is 35.3 Å². The summed E-state index contributed by atoms with van der Waals surface area (Å²) in [5.41, 5.74) is 1.78. The lowest BCUT2D eigenvalue weighted by Crippen LogP contribution is -2.57. The van der Waals surface area contributed by atoms with Gasteiger partial charge in [-0.15, -0.1) is 10.2 Å². The van der Waals surface area contributed by atoms with Gasteiger partial charge in [-0.05, 0) is 0 Å². The molecular formula is C12H9F3N6O3. The van der Waals surface area contributed by atoms with E-state index in [4.69, 9.17) is 0 Å². The van der Waals surface area contributed by atoms with Crippen LogP contribution in [0.1, 0.15) is 22.1 Å². The van der Waals surface area contributed by atoms with E-state index in [0.29, 0.717) is 0 Å². The number of nitrogens with zero attached hydrogens (tertiary/aromatic N) is 5. The molecule has 4 heterocycles. The van der Waals surface area contributed by atoms with Gasteiger partial charge in [-0.3, -0.25) is 14.3 Å². The maximum atomic E-state index is 12.9. The van der Waals surface area contributed by atoms with Gasteiger partial charge in [-0.1, -0.05) is 0 Å². The largest absolute Gasteiger partial charge is 0.502 e. The molecule has 0 saturated heterocycles. The maximum Gasteiger partial charge on any atom is 0.451 e. The smallest absolute Gasteiger partial charge is 0.451 e. The van der Waals surface area contributed by atoms with Crippen molar-refractivity contribution in [3.63, 3.8) is 0 Å². The van der Waals surface area contributed by atoms with Crippen molar-refractivity contribution in [2.24, 2.45) is 0 Å². The zero-order valence-electron chi connectivity index (χ0n) is 11.8. The molecule has 24 heavy (non-hydrogen) atoms. The molecular weight excluding hydrogens is 333 g/mol. The molecule has 12 heteroatoms. The number of carbonyl (C=O) groups excluding carboxylic acids is 1. The summed E-state index contributed by atoms with van der Waals surface area (Å²) in [4.78, 5) is 25.2. The molecule has 9 nitrogen and oxygen atoms in total. The Morgan fingerprint density at radius 2 is 2.04 bits per heavy atom. The van der Waals surface area contributed by atoms with Crippen LogP contribution in [-0.2, 0) is 19.3 Å². The highest BCUT2D eigenvalue weighted by atomic mass is 19.4. The van der Waals surface area contributed by atoms with Crippen molar-refractivity contribution in [2.75, 3.05) is 5.43 Å². The second-order valence-corrected chi connectivity index (χ2v) is 5.37. The Balaban J connectivity index is 1.78. The van der Waals surface area contributed by atoms with Crippen LogP contribution in [0, 0.1) is 0 Å². The first-order valence-electron chi connectivity index (χ1n) is 6.79. The van der Waals surface area contributed by atoms with Crippen LogP contribution in [-0.4, -0.2) is 41.5 Å². The molecule has 0 radical (unpaired) electrons. The highest BCUT2D eigenvalue weighted by Crippen LogP contribution is 2.32. The van der Waals surface area contributed by atoms with Crippen LogP contribution in [0.2, 0.25) is 0 Å². The van der Waals surface area contributed by atoms with Crippen LogP contribution in [0.15, 0.2) is 17.1 Å². The van der Waals surface area contributed by atoms with E-state index in [2.05, 4.69) is 15.6 Å². The van der Waals surface area contributed by atoms with E-state index in [-0.39, 0.29) is 24.6 Å². The molecule has 2 aliphatic heterocycles. The molecule has 1 atom stereocenters. The minimum absolute atomic E-state index is 0.0278. The summed E-state index contributed by atoms with van der Waals surface area (Å²) in [6, 6.07) is 1.04. The van der Waals surface area contributed by atoms with E-state index in [1.54, 1.807) is 0 Å². The molecule has 1 unspecified atom stereocenters. The van der Waals surface area contributed by atoms with Crippen LogP contribution in [0.4, 0.5) is 13.2 Å². The zero-order chi connectivity index (χ0) is 17.2. The Morgan fingerprint density at radius 1 is 1.29 bits per heavy atom. The van der Waals surface area contributed by atoms with Gasteiger partial charge in [0.15, 0.2) is 17.3 Å². The Morgan fingerprint density at radius 3 is 2.75 bits per heavy atom. The fourth-order valence-corrected chi connectivity index (χ4v) is 2.85. The molecule has 0 aromatic carbocycles. The molecule has 0 spiro atoms. The highest BCUT2D eigenvalue weighted by Gasteiger charge is 2.44. The molecule has 4 rings (SSSR count). The second-order valence-electron chi connectivity index (χ2n) is 5.37. The van der Waals surface area contributed by atoms with Crippen molar-refractivity contribution < 1.29 is 23.1 Å². The summed E-state index contributed by atoms with van der Waals surface area (Å²) < 4.78 is 40.9. The SMILES string of the molecule is O=C1c2c(O)c(=O)ccn2NC2Cn3c(nnc3C(F)(F)F)CN12. The first kappa shape index (κ1) is 14.5. The van der Waals surface area contributed by atoms with Crippen LogP contribution in [0.3, 0.4) is 0 Å². The van der Waals surface area contributed by atoms with Gasteiger partial charge in [-0.25, -0.2) is 0 Å². The normalized spacial score (nSPS) is 19.4. The van der Waals surface area contributed by atoms with Gasteiger partial charge in [0.1, 0.15) is 6.17 Å². The number of hydrogen-bond acceptors (Lipinski definition) is 6. The number of hydrogen-bond donors (Lipinski definition) is 2. The van der Waals surface area contributed by atoms with E-state index >= 15 is 0 Å². The Bertz CT molecular complexity index is 918. The van der Waals surface area contributed by atoms with Crippen LogP contribution < -0.4 is 10.9 Å². The van der Waals surface area contributed by atoms with Gasteiger partial charge in [0, 0.05) is 12.3 Å².